The van der Waals surface area contributed by atoms with Gasteiger partial charge in [-0.2, -0.15) is 0 Å². The van der Waals surface area contributed by atoms with Crippen LogP contribution in [0.25, 0.3) is 0 Å². The highest BCUT2D eigenvalue weighted by molar-refractivity contribution is 5.74. The highest BCUT2D eigenvalue weighted by Gasteiger charge is 2.55. The van der Waals surface area contributed by atoms with Gasteiger partial charge >= 0.3 is 0 Å². The lowest BCUT2D eigenvalue weighted by atomic mass is 9.83. The first kappa shape index (κ1) is 14.8. The summed E-state index contributed by atoms with van der Waals surface area (Å²) in [4.78, 5) is 0. The molecular formula is C20H18N2O2. The first-order valence-corrected chi connectivity index (χ1v) is 7.85. The van der Waals surface area contributed by atoms with Crippen LogP contribution < -0.4 is 10.6 Å². The van der Waals surface area contributed by atoms with Crippen molar-refractivity contribution in [3.63, 3.8) is 0 Å². The van der Waals surface area contributed by atoms with Gasteiger partial charge in [-0.05, 0) is 12.1 Å². The number of aliphatic hydroxyl groups is 2. The number of fused-ring (bicyclic) bond motifs is 1. The number of hydrogen-bond acceptors (Lipinski definition) is 4. The zero-order valence-electron chi connectivity index (χ0n) is 13.0. The van der Waals surface area contributed by atoms with Gasteiger partial charge in [0.15, 0.2) is 0 Å². The topological polar surface area (TPSA) is 64.5 Å². The molecule has 4 N–H and O–H groups in total. The fourth-order valence-electron chi connectivity index (χ4n) is 3.19. The minimum Gasteiger partial charge on any atom is -0.363 e. The summed E-state index contributed by atoms with van der Waals surface area (Å²) in [5.41, 5.74) is -0.876. The molecule has 1 aliphatic rings. The number of rotatable bonds is 2. The van der Waals surface area contributed by atoms with Gasteiger partial charge in [0.25, 0.3) is 0 Å². The third-order valence-electron chi connectivity index (χ3n) is 4.46. The average Bonchev–Trinajstić information content (AvgIpc) is 2.64. The third-order valence-corrected chi connectivity index (χ3v) is 4.46. The Balaban J connectivity index is 1.95. The smallest absolute Gasteiger partial charge is 0.215 e. The fraction of sp³-hybridized carbons (Fsp3) is 0.100. The third kappa shape index (κ3) is 2.08. The number of hydrogen-bond donors (Lipinski definition) is 4. The predicted octanol–water partition coefficient (Wildman–Crippen LogP) is 3.21. The molecule has 2 atom stereocenters. The van der Waals surface area contributed by atoms with Gasteiger partial charge in [0.2, 0.25) is 11.4 Å². The minimum absolute atomic E-state index is 0.568. The van der Waals surface area contributed by atoms with E-state index in [9.17, 15) is 10.2 Å². The van der Waals surface area contributed by atoms with Crippen LogP contribution in [0.15, 0.2) is 84.9 Å². The average molecular weight is 318 g/mol. The molecule has 3 aromatic rings. The maximum Gasteiger partial charge on any atom is 0.215 e. The van der Waals surface area contributed by atoms with E-state index in [1.54, 1.807) is 24.3 Å². The highest BCUT2D eigenvalue weighted by Crippen LogP contribution is 2.47. The van der Waals surface area contributed by atoms with E-state index >= 15 is 0 Å². The second-order valence-corrected chi connectivity index (χ2v) is 5.95. The van der Waals surface area contributed by atoms with Crippen molar-refractivity contribution in [1.82, 2.24) is 0 Å². The second-order valence-electron chi connectivity index (χ2n) is 5.95. The van der Waals surface area contributed by atoms with Gasteiger partial charge < -0.3 is 20.8 Å². The minimum atomic E-state index is -1.73. The second kappa shape index (κ2) is 5.37. The molecule has 2 unspecified atom stereocenters. The van der Waals surface area contributed by atoms with E-state index in [1.165, 1.54) is 0 Å². The number of para-hydroxylation sites is 2. The molecule has 0 bridgehead atoms. The van der Waals surface area contributed by atoms with Crippen LogP contribution in [0.4, 0.5) is 11.4 Å². The van der Waals surface area contributed by atoms with E-state index in [1.807, 2.05) is 60.7 Å². The molecule has 3 aromatic carbocycles. The van der Waals surface area contributed by atoms with E-state index in [4.69, 9.17) is 0 Å². The van der Waals surface area contributed by atoms with Crippen molar-refractivity contribution in [1.29, 1.82) is 0 Å². The summed E-state index contributed by atoms with van der Waals surface area (Å²) < 4.78 is 0. The number of benzene rings is 3. The Morgan fingerprint density at radius 3 is 1.21 bits per heavy atom. The molecule has 0 saturated carbocycles. The summed E-state index contributed by atoms with van der Waals surface area (Å²) in [6, 6.07) is 25.7. The highest BCUT2D eigenvalue weighted by atomic mass is 16.4. The Hall–Kier alpha value is -2.82. The molecule has 0 amide bonds. The fourth-order valence-corrected chi connectivity index (χ4v) is 3.19. The zero-order valence-corrected chi connectivity index (χ0v) is 13.0. The molecule has 24 heavy (non-hydrogen) atoms. The van der Waals surface area contributed by atoms with Gasteiger partial charge in [-0.15, -0.1) is 0 Å². The van der Waals surface area contributed by atoms with Crippen molar-refractivity contribution in [2.45, 2.75) is 11.4 Å². The molecule has 120 valence electrons. The molecule has 0 aromatic heterocycles. The molecule has 1 heterocycles. The molecule has 0 saturated heterocycles. The standard InChI is InChI=1S/C20H18N2O2/c23-19(15-9-3-1-4-10-15)20(24,16-11-5-2-6-12-16)22-18-14-8-7-13-17(18)21-19/h1-14,21-24H. The van der Waals surface area contributed by atoms with Crippen LogP contribution >= 0.6 is 0 Å². The summed E-state index contributed by atoms with van der Waals surface area (Å²) >= 11 is 0. The lowest BCUT2D eigenvalue weighted by molar-refractivity contribution is -0.132. The summed E-state index contributed by atoms with van der Waals surface area (Å²) in [7, 11) is 0. The normalized spacial score (nSPS) is 25.2. The van der Waals surface area contributed by atoms with E-state index < -0.39 is 11.4 Å². The largest absolute Gasteiger partial charge is 0.363 e. The molecule has 4 nitrogen and oxygen atoms in total. The molecule has 0 spiro atoms. The SMILES string of the molecule is OC1(c2ccccc2)Nc2ccccc2NC1(O)c1ccccc1. The van der Waals surface area contributed by atoms with Gasteiger partial charge in [-0.3, -0.25) is 0 Å². The maximum absolute atomic E-state index is 11.5. The van der Waals surface area contributed by atoms with Crippen molar-refractivity contribution < 1.29 is 10.2 Å². The Labute approximate surface area is 140 Å². The molecule has 0 radical (unpaired) electrons. The first-order chi connectivity index (χ1) is 11.6. The monoisotopic (exact) mass is 318 g/mol. The Kier molecular flexibility index (Phi) is 3.30. The van der Waals surface area contributed by atoms with Crippen molar-refractivity contribution in [2.75, 3.05) is 10.6 Å². The zero-order chi connectivity index (χ0) is 16.6. The van der Waals surface area contributed by atoms with Crippen molar-refractivity contribution in [3.05, 3.63) is 96.1 Å². The van der Waals surface area contributed by atoms with Crippen molar-refractivity contribution >= 4 is 11.4 Å². The van der Waals surface area contributed by atoms with Crippen LogP contribution in [0, 0.1) is 0 Å². The molecule has 4 heteroatoms. The van der Waals surface area contributed by atoms with Crippen LogP contribution in [0.5, 0.6) is 0 Å². The Bertz CT molecular complexity index is 781. The maximum atomic E-state index is 11.5. The van der Waals surface area contributed by atoms with Gasteiger partial charge in [0.05, 0.1) is 11.4 Å². The van der Waals surface area contributed by atoms with Gasteiger partial charge in [-0.25, -0.2) is 0 Å². The van der Waals surface area contributed by atoms with E-state index in [2.05, 4.69) is 10.6 Å². The molecule has 1 aliphatic heterocycles. The van der Waals surface area contributed by atoms with Crippen LogP contribution in [0.2, 0.25) is 0 Å². The van der Waals surface area contributed by atoms with E-state index in [-0.39, 0.29) is 0 Å². The van der Waals surface area contributed by atoms with E-state index in [0.717, 1.165) is 11.4 Å². The van der Waals surface area contributed by atoms with E-state index in [0.29, 0.717) is 11.1 Å². The molecule has 0 fully saturated rings. The molecule has 4 rings (SSSR count). The summed E-state index contributed by atoms with van der Waals surface area (Å²) in [5, 5.41) is 29.3. The summed E-state index contributed by atoms with van der Waals surface area (Å²) in [6.45, 7) is 0. The van der Waals surface area contributed by atoms with Crippen molar-refractivity contribution in [3.8, 4) is 0 Å². The quantitative estimate of drug-likeness (QED) is 0.586. The summed E-state index contributed by atoms with van der Waals surface area (Å²) in [6.07, 6.45) is 0. The first-order valence-electron chi connectivity index (χ1n) is 7.85. The van der Waals surface area contributed by atoms with Crippen LogP contribution in [0.1, 0.15) is 11.1 Å². The number of nitrogens with one attached hydrogen (secondary N) is 2. The van der Waals surface area contributed by atoms with Crippen molar-refractivity contribution in [2.24, 2.45) is 0 Å². The Morgan fingerprint density at radius 2 is 0.833 bits per heavy atom. The van der Waals surface area contributed by atoms with Crippen LogP contribution in [-0.4, -0.2) is 10.2 Å². The number of anilines is 2. The lowest BCUT2D eigenvalue weighted by Crippen LogP contribution is -2.61. The van der Waals surface area contributed by atoms with Gasteiger partial charge in [-0.1, -0.05) is 72.8 Å². The molecular weight excluding hydrogens is 300 g/mol. The van der Waals surface area contributed by atoms with Gasteiger partial charge in [0.1, 0.15) is 0 Å². The summed E-state index contributed by atoms with van der Waals surface area (Å²) in [5.74, 6) is 0. The Morgan fingerprint density at radius 1 is 0.500 bits per heavy atom. The lowest BCUT2D eigenvalue weighted by Gasteiger charge is -2.49. The predicted molar refractivity (Wildman–Crippen MR) is 94.4 cm³/mol. The van der Waals surface area contributed by atoms with Crippen LogP contribution in [-0.2, 0) is 11.4 Å². The molecule has 0 aliphatic carbocycles. The van der Waals surface area contributed by atoms with Gasteiger partial charge in [0, 0.05) is 11.1 Å². The van der Waals surface area contributed by atoms with Crippen LogP contribution in [0.3, 0.4) is 0 Å².